The minimum atomic E-state index is 0.245. The third kappa shape index (κ3) is 1.77. The highest BCUT2D eigenvalue weighted by atomic mass is 16.2. The summed E-state index contributed by atoms with van der Waals surface area (Å²) in [6, 6.07) is 0. The fraction of sp³-hybridized carbons (Fsp3) is 0.900. The molecule has 2 aliphatic heterocycles. The Labute approximate surface area is 85.0 Å². The first-order valence-corrected chi connectivity index (χ1v) is 5.39. The molecule has 0 bridgehead atoms. The predicted octanol–water partition coefficient (Wildman–Crippen LogP) is -0.582. The molecule has 80 valence electrons. The fourth-order valence-corrected chi connectivity index (χ4v) is 2.33. The fourth-order valence-electron chi connectivity index (χ4n) is 2.33. The van der Waals surface area contributed by atoms with Crippen molar-refractivity contribution in [2.75, 3.05) is 39.8 Å². The van der Waals surface area contributed by atoms with Crippen LogP contribution >= 0.6 is 0 Å². The number of hydrogen-bond acceptors (Lipinski definition) is 3. The van der Waals surface area contributed by atoms with Crippen molar-refractivity contribution in [2.45, 2.75) is 12.8 Å². The van der Waals surface area contributed by atoms with Crippen LogP contribution in [0.15, 0.2) is 0 Å². The quantitative estimate of drug-likeness (QED) is 0.622. The van der Waals surface area contributed by atoms with Crippen molar-refractivity contribution in [3.8, 4) is 0 Å². The highest BCUT2D eigenvalue weighted by Gasteiger charge is 2.40. The van der Waals surface area contributed by atoms with E-state index in [0.29, 0.717) is 12.0 Å². The molecule has 4 nitrogen and oxygen atoms in total. The second-order valence-corrected chi connectivity index (χ2v) is 4.51. The lowest BCUT2D eigenvalue weighted by atomic mass is 9.73. The van der Waals surface area contributed by atoms with Gasteiger partial charge in [-0.3, -0.25) is 4.79 Å². The van der Waals surface area contributed by atoms with Crippen LogP contribution in [-0.2, 0) is 4.79 Å². The van der Waals surface area contributed by atoms with Crippen molar-refractivity contribution in [1.29, 1.82) is 0 Å². The van der Waals surface area contributed by atoms with Gasteiger partial charge in [-0.15, -0.1) is 0 Å². The molecule has 0 aromatic carbocycles. The van der Waals surface area contributed by atoms with Crippen molar-refractivity contribution in [3.05, 3.63) is 0 Å². The Morgan fingerprint density at radius 2 is 2.07 bits per heavy atom. The van der Waals surface area contributed by atoms with Crippen molar-refractivity contribution in [3.63, 3.8) is 0 Å². The van der Waals surface area contributed by atoms with Crippen LogP contribution in [0.3, 0.4) is 0 Å². The predicted molar refractivity (Wildman–Crippen MR) is 55.0 cm³/mol. The Kier molecular flexibility index (Phi) is 2.74. The largest absolute Gasteiger partial charge is 0.342 e. The summed E-state index contributed by atoms with van der Waals surface area (Å²) in [6.45, 7) is 4.68. The van der Waals surface area contributed by atoms with Crippen LogP contribution in [0.2, 0.25) is 0 Å². The molecule has 14 heavy (non-hydrogen) atoms. The summed E-state index contributed by atoms with van der Waals surface area (Å²) in [7, 11) is 1.82. The van der Waals surface area contributed by atoms with Crippen LogP contribution < -0.4 is 10.6 Å². The molecule has 0 aliphatic carbocycles. The average Bonchev–Trinajstić information content (AvgIpc) is 2.16. The Balaban J connectivity index is 1.80. The van der Waals surface area contributed by atoms with Gasteiger partial charge in [0.05, 0.1) is 6.54 Å². The van der Waals surface area contributed by atoms with Crippen molar-refractivity contribution < 1.29 is 4.79 Å². The maximum absolute atomic E-state index is 11.6. The van der Waals surface area contributed by atoms with Gasteiger partial charge >= 0.3 is 0 Å². The summed E-state index contributed by atoms with van der Waals surface area (Å²) in [4.78, 5) is 13.5. The summed E-state index contributed by atoms with van der Waals surface area (Å²) >= 11 is 0. The van der Waals surface area contributed by atoms with Gasteiger partial charge in [0.25, 0.3) is 0 Å². The molecule has 0 atom stereocenters. The zero-order valence-electron chi connectivity index (χ0n) is 8.81. The zero-order valence-corrected chi connectivity index (χ0v) is 8.81. The molecule has 1 amide bonds. The number of nitrogens with zero attached hydrogens (tertiary/aromatic N) is 1. The molecule has 0 aromatic rings. The lowest BCUT2D eigenvalue weighted by Gasteiger charge is -2.48. The number of rotatable bonds is 2. The van der Waals surface area contributed by atoms with E-state index in [1.54, 1.807) is 0 Å². The standard InChI is InChI=1S/C10H19N3O/c1-11-6-9(14)13-4-2-10(3-5-13)7-12-8-10/h11-12H,2-8H2,1H3. The van der Waals surface area contributed by atoms with Crippen LogP contribution in [-0.4, -0.2) is 50.6 Å². The van der Waals surface area contributed by atoms with Gasteiger partial charge < -0.3 is 15.5 Å². The highest BCUT2D eigenvalue weighted by molar-refractivity contribution is 5.78. The van der Waals surface area contributed by atoms with E-state index in [2.05, 4.69) is 10.6 Å². The van der Waals surface area contributed by atoms with Crippen LogP contribution in [0.5, 0.6) is 0 Å². The number of hydrogen-bond donors (Lipinski definition) is 2. The van der Waals surface area contributed by atoms with Gasteiger partial charge in [-0.25, -0.2) is 0 Å². The van der Waals surface area contributed by atoms with Gasteiger partial charge in [-0.2, -0.15) is 0 Å². The second-order valence-electron chi connectivity index (χ2n) is 4.51. The summed E-state index contributed by atoms with van der Waals surface area (Å²) in [5.41, 5.74) is 0.538. The highest BCUT2D eigenvalue weighted by Crippen LogP contribution is 2.34. The van der Waals surface area contributed by atoms with E-state index in [1.165, 1.54) is 12.8 Å². The van der Waals surface area contributed by atoms with Crippen molar-refractivity contribution in [1.82, 2.24) is 15.5 Å². The SMILES string of the molecule is CNCC(=O)N1CCC2(CC1)CNC2. The zero-order chi connectivity index (χ0) is 10.0. The Morgan fingerprint density at radius 3 is 2.50 bits per heavy atom. The van der Waals surface area contributed by atoms with E-state index >= 15 is 0 Å². The summed E-state index contributed by atoms with van der Waals surface area (Å²) in [5, 5.41) is 6.24. The van der Waals surface area contributed by atoms with Crippen LogP contribution in [0.25, 0.3) is 0 Å². The molecule has 0 aromatic heterocycles. The van der Waals surface area contributed by atoms with Gasteiger partial charge in [-0.05, 0) is 25.3 Å². The first-order chi connectivity index (χ1) is 6.76. The molecule has 0 unspecified atom stereocenters. The molecule has 2 rings (SSSR count). The van der Waals surface area contributed by atoms with E-state index in [0.717, 1.165) is 26.2 Å². The van der Waals surface area contributed by atoms with E-state index in [9.17, 15) is 4.79 Å². The molecule has 1 spiro atoms. The third-order valence-electron chi connectivity index (χ3n) is 3.50. The Morgan fingerprint density at radius 1 is 1.43 bits per heavy atom. The molecule has 2 aliphatic rings. The number of nitrogens with one attached hydrogen (secondary N) is 2. The van der Waals surface area contributed by atoms with E-state index < -0.39 is 0 Å². The van der Waals surface area contributed by atoms with Crippen LogP contribution in [0.1, 0.15) is 12.8 Å². The maximum Gasteiger partial charge on any atom is 0.236 e. The van der Waals surface area contributed by atoms with E-state index in [4.69, 9.17) is 0 Å². The van der Waals surface area contributed by atoms with Crippen LogP contribution in [0.4, 0.5) is 0 Å². The molecule has 2 fully saturated rings. The average molecular weight is 197 g/mol. The number of likely N-dealkylation sites (tertiary alicyclic amines) is 1. The number of carbonyl (C=O) groups is 1. The number of carbonyl (C=O) groups excluding carboxylic acids is 1. The Bertz CT molecular complexity index is 215. The third-order valence-corrected chi connectivity index (χ3v) is 3.50. The molecule has 2 saturated heterocycles. The van der Waals surface area contributed by atoms with Gasteiger partial charge in [0.2, 0.25) is 5.91 Å². The lowest BCUT2D eigenvalue weighted by Crippen LogP contribution is -2.59. The second kappa shape index (κ2) is 3.87. The first kappa shape index (κ1) is 9.93. The minimum Gasteiger partial charge on any atom is -0.342 e. The number of likely N-dealkylation sites (N-methyl/N-ethyl adjacent to an activating group) is 1. The monoisotopic (exact) mass is 197 g/mol. The summed E-state index contributed by atoms with van der Waals surface area (Å²) < 4.78 is 0. The Hall–Kier alpha value is -0.610. The van der Waals surface area contributed by atoms with Gasteiger partial charge in [0.15, 0.2) is 0 Å². The molecule has 2 N–H and O–H groups in total. The minimum absolute atomic E-state index is 0.245. The smallest absolute Gasteiger partial charge is 0.236 e. The van der Waals surface area contributed by atoms with E-state index in [1.807, 2.05) is 11.9 Å². The molecule has 0 saturated carbocycles. The topological polar surface area (TPSA) is 44.4 Å². The number of piperidine rings is 1. The summed E-state index contributed by atoms with van der Waals surface area (Å²) in [6.07, 6.45) is 2.35. The summed E-state index contributed by atoms with van der Waals surface area (Å²) in [5.74, 6) is 0.245. The molecule has 0 radical (unpaired) electrons. The molecular formula is C10H19N3O. The molecule has 4 heteroatoms. The van der Waals surface area contributed by atoms with Crippen LogP contribution in [0, 0.1) is 5.41 Å². The van der Waals surface area contributed by atoms with Gasteiger partial charge in [0.1, 0.15) is 0 Å². The maximum atomic E-state index is 11.6. The van der Waals surface area contributed by atoms with Gasteiger partial charge in [0, 0.05) is 26.2 Å². The normalized spacial score (nSPS) is 24.8. The molecular weight excluding hydrogens is 178 g/mol. The van der Waals surface area contributed by atoms with Crippen molar-refractivity contribution in [2.24, 2.45) is 5.41 Å². The lowest BCUT2D eigenvalue weighted by molar-refractivity contribution is -0.133. The first-order valence-electron chi connectivity index (χ1n) is 5.39. The van der Waals surface area contributed by atoms with E-state index in [-0.39, 0.29) is 5.91 Å². The van der Waals surface area contributed by atoms with Gasteiger partial charge in [-0.1, -0.05) is 0 Å². The van der Waals surface area contributed by atoms with Crippen molar-refractivity contribution >= 4 is 5.91 Å². The number of amides is 1. The molecule has 2 heterocycles.